The van der Waals surface area contributed by atoms with Gasteiger partial charge in [-0.15, -0.1) is 0 Å². The van der Waals surface area contributed by atoms with Crippen molar-refractivity contribution >= 4 is 11.9 Å². The quantitative estimate of drug-likeness (QED) is 0.715. The Bertz CT molecular complexity index is 949. The molecule has 0 aromatic heterocycles. The lowest BCUT2D eigenvalue weighted by molar-refractivity contribution is -0.136. The number of hydrogen-bond donors (Lipinski definition) is 2. The highest BCUT2D eigenvalue weighted by atomic mass is 16.4. The Morgan fingerprint density at radius 3 is 2.23 bits per heavy atom. The summed E-state index contributed by atoms with van der Waals surface area (Å²) in [6.45, 7) is 0. The summed E-state index contributed by atoms with van der Waals surface area (Å²) in [4.78, 5) is 22.8. The second-order valence-corrected chi connectivity index (χ2v) is 6.18. The molecule has 0 aliphatic heterocycles. The predicted octanol–water partition coefficient (Wildman–Crippen LogP) is 3.67. The van der Waals surface area contributed by atoms with Crippen LogP contribution < -0.4 is 5.73 Å². The Morgan fingerprint density at radius 1 is 0.808 bits per heavy atom. The molecule has 1 amide bonds. The molecule has 0 fully saturated rings. The lowest BCUT2D eigenvalue weighted by Gasteiger charge is -2.11. The number of rotatable bonds is 6. The molecule has 3 aromatic carbocycles. The Balaban J connectivity index is 2.02. The van der Waals surface area contributed by atoms with Crippen molar-refractivity contribution in [3.63, 3.8) is 0 Å². The van der Waals surface area contributed by atoms with Crippen LogP contribution in [0.3, 0.4) is 0 Å². The molecule has 0 saturated heterocycles. The Morgan fingerprint density at radius 2 is 1.54 bits per heavy atom. The monoisotopic (exact) mass is 345 g/mol. The zero-order valence-corrected chi connectivity index (χ0v) is 14.2. The van der Waals surface area contributed by atoms with E-state index >= 15 is 0 Å². The number of aliphatic carboxylic acids is 1. The standard InChI is InChI=1S/C22H19NO3/c23-22(26)19-10-9-17(11-15-5-2-1-3-6-15)13-20(19)18-8-4-7-16(12-18)14-21(24)25/h1-10,12-13H,11,14H2,(H2,23,26)(H,24,25). The van der Waals surface area contributed by atoms with Crippen molar-refractivity contribution in [3.8, 4) is 11.1 Å². The number of primary amides is 1. The van der Waals surface area contributed by atoms with E-state index in [1.807, 2.05) is 36.4 Å². The molecule has 3 N–H and O–H groups in total. The van der Waals surface area contributed by atoms with Crippen LogP contribution in [0.4, 0.5) is 0 Å². The third-order valence-corrected chi connectivity index (χ3v) is 4.19. The van der Waals surface area contributed by atoms with Gasteiger partial charge in [0.15, 0.2) is 0 Å². The SMILES string of the molecule is NC(=O)c1ccc(Cc2ccccc2)cc1-c1cccc(CC(=O)O)c1. The van der Waals surface area contributed by atoms with Gasteiger partial charge in [-0.05, 0) is 40.3 Å². The van der Waals surface area contributed by atoms with Gasteiger partial charge in [0.2, 0.25) is 5.91 Å². The number of carboxylic acids is 1. The average Bonchev–Trinajstić information content (AvgIpc) is 2.62. The highest BCUT2D eigenvalue weighted by Gasteiger charge is 2.12. The minimum absolute atomic E-state index is 0.0660. The molecule has 0 radical (unpaired) electrons. The van der Waals surface area contributed by atoms with Crippen LogP contribution in [0.15, 0.2) is 72.8 Å². The first-order valence-electron chi connectivity index (χ1n) is 8.30. The van der Waals surface area contributed by atoms with Crippen LogP contribution in [0, 0.1) is 0 Å². The van der Waals surface area contributed by atoms with Crippen molar-refractivity contribution in [1.29, 1.82) is 0 Å². The second-order valence-electron chi connectivity index (χ2n) is 6.18. The lowest BCUT2D eigenvalue weighted by Crippen LogP contribution is -2.12. The van der Waals surface area contributed by atoms with Crippen LogP contribution in [-0.2, 0) is 17.6 Å². The van der Waals surface area contributed by atoms with Gasteiger partial charge in [-0.2, -0.15) is 0 Å². The third-order valence-electron chi connectivity index (χ3n) is 4.19. The van der Waals surface area contributed by atoms with Gasteiger partial charge >= 0.3 is 5.97 Å². The largest absolute Gasteiger partial charge is 0.481 e. The molecule has 3 aromatic rings. The van der Waals surface area contributed by atoms with E-state index in [0.29, 0.717) is 11.1 Å². The highest BCUT2D eigenvalue weighted by Crippen LogP contribution is 2.27. The van der Waals surface area contributed by atoms with Crippen molar-refractivity contribution in [1.82, 2.24) is 0 Å². The molecule has 0 saturated carbocycles. The van der Waals surface area contributed by atoms with Gasteiger partial charge in [0, 0.05) is 5.56 Å². The number of hydrogen-bond acceptors (Lipinski definition) is 2. The fourth-order valence-corrected chi connectivity index (χ4v) is 3.01. The number of carboxylic acid groups (broad SMARTS) is 1. The zero-order chi connectivity index (χ0) is 18.5. The normalized spacial score (nSPS) is 10.5. The van der Waals surface area contributed by atoms with E-state index in [1.165, 1.54) is 5.56 Å². The van der Waals surface area contributed by atoms with E-state index in [2.05, 4.69) is 12.1 Å². The molecule has 4 nitrogen and oxygen atoms in total. The van der Waals surface area contributed by atoms with Gasteiger partial charge < -0.3 is 10.8 Å². The molecule has 0 spiro atoms. The van der Waals surface area contributed by atoms with E-state index in [-0.39, 0.29) is 6.42 Å². The number of benzene rings is 3. The molecule has 130 valence electrons. The maximum absolute atomic E-state index is 11.9. The van der Waals surface area contributed by atoms with Crippen LogP contribution in [0.2, 0.25) is 0 Å². The average molecular weight is 345 g/mol. The van der Waals surface area contributed by atoms with Gasteiger partial charge in [-0.3, -0.25) is 9.59 Å². The topological polar surface area (TPSA) is 80.4 Å². The van der Waals surface area contributed by atoms with Crippen LogP contribution in [-0.4, -0.2) is 17.0 Å². The summed E-state index contributed by atoms with van der Waals surface area (Å²) >= 11 is 0. The van der Waals surface area contributed by atoms with Gasteiger partial charge in [-0.1, -0.05) is 66.7 Å². The first kappa shape index (κ1) is 17.4. The van der Waals surface area contributed by atoms with E-state index < -0.39 is 11.9 Å². The molecular formula is C22H19NO3. The van der Waals surface area contributed by atoms with Crippen molar-refractivity contribution in [2.75, 3.05) is 0 Å². The van der Waals surface area contributed by atoms with E-state index in [1.54, 1.807) is 24.3 Å². The number of nitrogens with two attached hydrogens (primary N) is 1. The number of carbonyl (C=O) groups excluding carboxylic acids is 1. The third kappa shape index (κ3) is 4.16. The summed E-state index contributed by atoms with van der Waals surface area (Å²) in [5, 5.41) is 9.01. The summed E-state index contributed by atoms with van der Waals surface area (Å²) in [7, 11) is 0. The molecule has 3 rings (SSSR count). The summed E-state index contributed by atoms with van der Waals surface area (Å²) in [6, 6.07) is 22.8. The number of carbonyl (C=O) groups is 2. The molecule has 0 bridgehead atoms. The van der Waals surface area contributed by atoms with Crippen LogP contribution in [0.1, 0.15) is 27.0 Å². The van der Waals surface area contributed by atoms with E-state index in [0.717, 1.165) is 23.1 Å². The maximum atomic E-state index is 11.9. The lowest BCUT2D eigenvalue weighted by atomic mass is 9.93. The zero-order valence-electron chi connectivity index (χ0n) is 14.2. The van der Waals surface area contributed by atoms with E-state index in [4.69, 9.17) is 10.8 Å². The first-order valence-corrected chi connectivity index (χ1v) is 8.30. The summed E-state index contributed by atoms with van der Waals surface area (Å²) in [6.07, 6.45) is 0.672. The van der Waals surface area contributed by atoms with Crippen LogP contribution in [0.25, 0.3) is 11.1 Å². The van der Waals surface area contributed by atoms with Crippen molar-refractivity contribution in [2.24, 2.45) is 5.73 Å². The van der Waals surface area contributed by atoms with Crippen LogP contribution >= 0.6 is 0 Å². The Kier molecular flexibility index (Phi) is 5.13. The fraction of sp³-hybridized carbons (Fsp3) is 0.0909. The molecule has 0 aliphatic carbocycles. The molecule has 0 aliphatic rings. The van der Waals surface area contributed by atoms with Crippen molar-refractivity contribution in [2.45, 2.75) is 12.8 Å². The van der Waals surface area contributed by atoms with Gasteiger partial charge in [0.25, 0.3) is 0 Å². The minimum atomic E-state index is -0.893. The van der Waals surface area contributed by atoms with Gasteiger partial charge in [-0.25, -0.2) is 0 Å². The maximum Gasteiger partial charge on any atom is 0.307 e. The molecule has 4 heteroatoms. The number of amides is 1. The predicted molar refractivity (Wildman–Crippen MR) is 101 cm³/mol. The molecule has 0 unspecified atom stereocenters. The first-order chi connectivity index (χ1) is 12.5. The summed E-state index contributed by atoms with van der Waals surface area (Å²) in [5.41, 5.74) is 10.4. The Labute approximate surface area is 151 Å². The molecule has 26 heavy (non-hydrogen) atoms. The fourth-order valence-electron chi connectivity index (χ4n) is 3.01. The van der Waals surface area contributed by atoms with E-state index in [9.17, 15) is 9.59 Å². The van der Waals surface area contributed by atoms with Crippen molar-refractivity contribution in [3.05, 3.63) is 95.1 Å². The van der Waals surface area contributed by atoms with Gasteiger partial charge in [0.05, 0.1) is 6.42 Å². The molecular weight excluding hydrogens is 326 g/mol. The Hall–Kier alpha value is -3.40. The van der Waals surface area contributed by atoms with Gasteiger partial charge in [0.1, 0.15) is 0 Å². The molecule has 0 heterocycles. The molecule has 0 atom stereocenters. The summed E-state index contributed by atoms with van der Waals surface area (Å²) in [5.74, 6) is -1.40. The smallest absolute Gasteiger partial charge is 0.307 e. The van der Waals surface area contributed by atoms with Crippen LogP contribution in [0.5, 0.6) is 0 Å². The summed E-state index contributed by atoms with van der Waals surface area (Å²) < 4.78 is 0. The second kappa shape index (κ2) is 7.66. The van der Waals surface area contributed by atoms with Crippen molar-refractivity contribution < 1.29 is 14.7 Å². The minimum Gasteiger partial charge on any atom is -0.481 e. The highest BCUT2D eigenvalue weighted by molar-refractivity contribution is 6.00.